The average Bonchev–Trinajstić information content (AvgIpc) is 2.86. The van der Waals surface area contributed by atoms with Gasteiger partial charge in [-0.05, 0) is 39.5 Å². The summed E-state index contributed by atoms with van der Waals surface area (Å²) >= 11 is 0. The SMILES string of the molecule is CCO[C@@H]1C[C@H](NC(=O)NCCCn2ccnc2C)C12CCC2. The maximum Gasteiger partial charge on any atom is 0.315 e. The maximum absolute atomic E-state index is 12.1. The highest BCUT2D eigenvalue weighted by atomic mass is 16.5. The Morgan fingerprint density at radius 3 is 2.96 bits per heavy atom. The van der Waals surface area contributed by atoms with Crippen molar-refractivity contribution < 1.29 is 9.53 Å². The van der Waals surface area contributed by atoms with Crippen LogP contribution in [0.4, 0.5) is 4.79 Å². The molecule has 2 atom stereocenters. The number of hydrogen-bond acceptors (Lipinski definition) is 3. The second-order valence-corrected chi connectivity index (χ2v) is 6.74. The van der Waals surface area contributed by atoms with Crippen LogP contribution in [0.2, 0.25) is 0 Å². The number of imidazole rings is 1. The van der Waals surface area contributed by atoms with Gasteiger partial charge in [0.05, 0.1) is 6.10 Å². The van der Waals surface area contributed by atoms with Gasteiger partial charge in [0, 0.05) is 43.5 Å². The van der Waals surface area contributed by atoms with Crippen LogP contribution in [0.5, 0.6) is 0 Å². The molecular weight excluding hydrogens is 292 g/mol. The molecule has 0 bridgehead atoms. The Morgan fingerprint density at radius 2 is 2.35 bits per heavy atom. The molecule has 1 spiro atoms. The topological polar surface area (TPSA) is 68.2 Å². The number of aryl methyl sites for hydroxylation is 2. The van der Waals surface area contributed by atoms with Gasteiger partial charge in [-0.15, -0.1) is 0 Å². The van der Waals surface area contributed by atoms with Crippen LogP contribution in [-0.2, 0) is 11.3 Å². The lowest BCUT2D eigenvalue weighted by molar-refractivity contribution is -0.169. The zero-order valence-corrected chi connectivity index (χ0v) is 14.2. The molecule has 6 nitrogen and oxygen atoms in total. The number of hydrogen-bond donors (Lipinski definition) is 2. The molecule has 1 heterocycles. The second kappa shape index (κ2) is 6.91. The predicted molar refractivity (Wildman–Crippen MR) is 88.2 cm³/mol. The number of aromatic nitrogens is 2. The number of amides is 2. The second-order valence-electron chi connectivity index (χ2n) is 6.74. The van der Waals surface area contributed by atoms with Crippen molar-refractivity contribution >= 4 is 6.03 Å². The van der Waals surface area contributed by atoms with Crippen molar-refractivity contribution in [3.8, 4) is 0 Å². The molecule has 2 aliphatic carbocycles. The van der Waals surface area contributed by atoms with Gasteiger partial charge in [-0.1, -0.05) is 6.42 Å². The van der Waals surface area contributed by atoms with Crippen molar-refractivity contribution in [2.24, 2.45) is 5.41 Å². The molecule has 0 aromatic carbocycles. The molecule has 3 rings (SSSR count). The van der Waals surface area contributed by atoms with Gasteiger partial charge in [0.15, 0.2) is 0 Å². The van der Waals surface area contributed by atoms with E-state index in [1.165, 1.54) is 19.3 Å². The van der Waals surface area contributed by atoms with Crippen molar-refractivity contribution in [1.29, 1.82) is 0 Å². The predicted octanol–water partition coefficient (Wildman–Crippen LogP) is 2.23. The Morgan fingerprint density at radius 1 is 1.52 bits per heavy atom. The lowest BCUT2D eigenvalue weighted by atomic mass is 9.51. The van der Waals surface area contributed by atoms with Crippen LogP contribution in [0.15, 0.2) is 12.4 Å². The number of carbonyl (C=O) groups is 1. The molecule has 1 aromatic heterocycles. The summed E-state index contributed by atoms with van der Waals surface area (Å²) < 4.78 is 7.92. The summed E-state index contributed by atoms with van der Waals surface area (Å²) in [6.07, 6.45) is 9.60. The highest BCUT2D eigenvalue weighted by molar-refractivity contribution is 5.74. The maximum atomic E-state index is 12.1. The van der Waals surface area contributed by atoms with Crippen molar-refractivity contribution in [3.63, 3.8) is 0 Å². The van der Waals surface area contributed by atoms with Crippen LogP contribution >= 0.6 is 0 Å². The van der Waals surface area contributed by atoms with Gasteiger partial charge in [-0.2, -0.15) is 0 Å². The van der Waals surface area contributed by atoms with E-state index in [9.17, 15) is 4.79 Å². The summed E-state index contributed by atoms with van der Waals surface area (Å²) in [5.41, 5.74) is 0.223. The molecule has 0 radical (unpaired) electrons. The molecule has 1 aromatic rings. The van der Waals surface area contributed by atoms with E-state index in [-0.39, 0.29) is 17.5 Å². The number of nitrogens with zero attached hydrogens (tertiary/aromatic N) is 2. The number of rotatable bonds is 7. The van der Waals surface area contributed by atoms with Crippen LogP contribution < -0.4 is 10.6 Å². The quantitative estimate of drug-likeness (QED) is 0.757. The molecular formula is C17H28N4O2. The van der Waals surface area contributed by atoms with E-state index in [0.29, 0.717) is 12.6 Å². The summed E-state index contributed by atoms with van der Waals surface area (Å²) in [5, 5.41) is 6.13. The van der Waals surface area contributed by atoms with Crippen LogP contribution in [0, 0.1) is 12.3 Å². The standard InChI is InChI=1S/C17H28N4O2/c1-3-23-15-12-14(17(15)6-4-7-17)20-16(22)19-8-5-10-21-11-9-18-13(21)2/h9,11,14-15H,3-8,10,12H2,1-2H3,(H2,19,20,22)/t14-,15+/m0/s1. The lowest BCUT2D eigenvalue weighted by Crippen LogP contribution is -2.68. The summed E-state index contributed by atoms with van der Waals surface area (Å²) in [7, 11) is 0. The van der Waals surface area contributed by atoms with Crippen LogP contribution in [0.1, 0.15) is 44.9 Å². The Hall–Kier alpha value is -1.56. The molecule has 2 N–H and O–H groups in total. The number of nitrogens with one attached hydrogen (secondary N) is 2. The highest BCUT2D eigenvalue weighted by Crippen LogP contribution is 2.57. The van der Waals surface area contributed by atoms with Crippen molar-refractivity contribution in [3.05, 3.63) is 18.2 Å². The molecule has 2 fully saturated rings. The van der Waals surface area contributed by atoms with Gasteiger partial charge in [-0.3, -0.25) is 0 Å². The number of carbonyl (C=O) groups excluding carboxylic acids is 1. The van der Waals surface area contributed by atoms with Gasteiger partial charge in [0.25, 0.3) is 0 Å². The molecule has 2 amide bonds. The van der Waals surface area contributed by atoms with Crippen molar-refractivity contribution in [2.75, 3.05) is 13.2 Å². The molecule has 0 saturated heterocycles. The molecule has 2 saturated carbocycles. The van der Waals surface area contributed by atoms with Crippen LogP contribution in [0.3, 0.4) is 0 Å². The fourth-order valence-corrected chi connectivity index (χ4v) is 3.94. The molecule has 23 heavy (non-hydrogen) atoms. The van der Waals surface area contributed by atoms with E-state index in [1.54, 1.807) is 6.20 Å². The monoisotopic (exact) mass is 320 g/mol. The van der Waals surface area contributed by atoms with Crippen LogP contribution in [-0.4, -0.2) is 40.9 Å². The molecule has 0 unspecified atom stereocenters. The van der Waals surface area contributed by atoms with E-state index in [4.69, 9.17) is 4.74 Å². The van der Waals surface area contributed by atoms with Gasteiger partial charge in [0.1, 0.15) is 5.82 Å². The zero-order valence-electron chi connectivity index (χ0n) is 14.2. The Balaban J connectivity index is 1.36. The number of ether oxygens (including phenoxy) is 1. The normalized spacial score (nSPS) is 24.8. The first-order valence-electron chi connectivity index (χ1n) is 8.79. The lowest BCUT2D eigenvalue weighted by Gasteiger charge is -2.60. The third-order valence-corrected chi connectivity index (χ3v) is 5.53. The molecule has 6 heteroatoms. The zero-order chi connectivity index (χ0) is 16.3. The van der Waals surface area contributed by atoms with E-state index in [0.717, 1.165) is 31.8 Å². The van der Waals surface area contributed by atoms with Gasteiger partial charge in [-0.25, -0.2) is 9.78 Å². The van der Waals surface area contributed by atoms with Crippen molar-refractivity contribution in [1.82, 2.24) is 20.2 Å². The first-order chi connectivity index (χ1) is 11.2. The summed E-state index contributed by atoms with van der Waals surface area (Å²) in [6.45, 7) is 6.36. The van der Waals surface area contributed by atoms with Crippen LogP contribution in [0.25, 0.3) is 0 Å². The van der Waals surface area contributed by atoms with Gasteiger partial charge in [0.2, 0.25) is 0 Å². The first-order valence-corrected chi connectivity index (χ1v) is 8.79. The minimum absolute atomic E-state index is 0.0430. The summed E-state index contributed by atoms with van der Waals surface area (Å²) in [6, 6.07) is 0.238. The smallest absolute Gasteiger partial charge is 0.315 e. The Bertz CT molecular complexity index is 538. The highest BCUT2D eigenvalue weighted by Gasteiger charge is 2.59. The molecule has 128 valence electrons. The summed E-state index contributed by atoms with van der Waals surface area (Å²) in [4.78, 5) is 16.3. The molecule has 0 aliphatic heterocycles. The minimum atomic E-state index is -0.0430. The van der Waals surface area contributed by atoms with E-state index < -0.39 is 0 Å². The molecule has 2 aliphatic rings. The fraction of sp³-hybridized carbons (Fsp3) is 0.765. The first kappa shape index (κ1) is 16.3. The average molecular weight is 320 g/mol. The minimum Gasteiger partial charge on any atom is -0.378 e. The number of urea groups is 1. The Kier molecular flexibility index (Phi) is 4.90. The summed E-state index contributed by atoms with van der Waals surface area (Å²) in [5.74, 6) is 1.01. The van der Waals surface area contributed by atoms with E-state index in [1.807, 2.05) is 20.0 Å². The third-order valence-electron chi connectivity index (χ3n) is 5.53. The fourth-order valence-electron chi connectivity index (χ4n) is 3.94. The Labute approximate surface area is 138 Å². The van der Waals surface area contributed by atoms with E-state index in [2.05, 4.69) is 20.2 Å². The van der Waals surface area contributed by atoms with Crippen molar-refractivity contribution in [2.45, 2.75) is 64.6 Å². The van der Waals surface area contributed by atoms with Gasteiger partial charge >= 0.3 is 6.03 Å². The van der Waals surface area contributed by atoms with Gasteiger partial charge < -0.3 is 19.9 Å². The van der Waals surface area contributed by atoms with E-state index >= 15 is 0 Å². The third kappa shape index (κ3) is 3.22. The largest absolute Gasteiger partial charge is 0.378 e.